The van der Waals surface area contributed by atoms with Crippen molar-refractivity contribution in [3.8, 4) is 18.1 Å². The maximum absolute atomic E-state index is 11.2. The molecule has 5 heteroatoms. The van der Waals surface area contributed by atoms with Gasteiger partial charge in [-0.05, 0) is 29.3 Å². The standard InChI is InChI=1S/C19H16N2O3/c1-2-11-24-15-9-7-14(8-10-15)18(13-21(22)23)17-12-20-19-6-4-3-5-16(17)19/h1,3-10,12,18,20H,11,13H2/t18-/m0/s1. The highest BCUT2D eigenvalue weighted by atomic mass is 16.6. The molecule has 0 radical (unpaired) electrons. The molecule has 120 valence electrons. The lowest BCUT2D eigenvalue weighted by atomic mass is 9.91. The predicted octanol–water partition coefficient (Wildman–Crippen LogP) is 3.59. The number of nitrogens with zero attached hydrogens (tertiary/aromatic N) is 1. The predicted molar refractivity (Wildman–Crippen MR) is 92.8 cm³/mol. The number of fused-ring (bicyclic) bond motifs is 1. The summed E-state index contributed by atoms with van der Waals surface area (Å²) >= 11 is 0. The summed E-state index contributed by atoms with van der Waals surface area (Å²) in [7, 11) is 0. The average Bonchev–Trinajstić information content (AvgIpc) is 3.02. The summed E-state index contributed by atoms with van der Waals surface area (Å²) in [5.74, 6) is 2.72. The molecule has 0 fully saturated rings. The van der Waals surface area contributed by atoms with E-state index in [4.69, 9.17) is 11.2 Å². The van der Waals surface area contributed by atoms with Crippen LogP contribution in [0.25, 0.3) is 10.9 Å². The van der Waals surface area contributed by atoms with Crippen molar-refractivity contribution in [1.82, 2.24) is 4.98 Å². The van der Waals surface area contributed by atoms with Gasteiger partial charge in [0.2, 0.25) is 6.54 Å². The number of para-hydroxylation sites is 1. The van der Waals surface area contributed by atoms with Crippen molar-refractivity contribution in [3.05, 3.63) is 76.0 Å². The van der Waals surface area contributed by atoms with E-state index in [1.165, 1.54) is 0 Å². The first-order valence-corrected chi connectivity index (χ1v) is 7.53. The second-order valence-corrected chi connectivity index (χ2v) is 5.42. The van der Waals surface area contributed by atoms with E-state index in [0.29, 0.717) is 5.75 Å². The molecule has 2 aromatic carbocycles. The molecule has 0 saturated heterocycles. The number of rotatable bonds is 6. The molecule has 1 N–H and O–H groups in total. The number of hydrogen-bond donors (Lipinski definition) is 1. The van der Waals surface area contributed by atoms with Crippen LogP contribution in [0.3, 0.4) is 0 Å². The fourth-order valence-electron chi connectivity index (χ4n) is 2.84. The van der Waals surface area contributed by atoms with Crippen LogP contribution in [-0.4, -0.2) is 23.1 Å². The largest absolute Gasteiger partial charge is 0.481 e. The van der Waals surface area contributed by atoms with Crippen LogP contribution < -0.4 is 4.74 Å². The van der Waals surface area contributed by atoms with Gasteiger partial charge in [-0.15, -0.1) is 6.42 Å². The van der Waals surface area contributed by atoms with E-state index in [-0.39, 0.29) is 24.0 Å². The van der Waals surface area contributed by atoms with E-state index < -0.39 is 0 Å². The zero-order valence-corrected chi connectivity index (χ0v) is 12.9. The number of benzene rings is 2. The molecule has 0 saturated carbocycles. The van der Waals surface area contributed by atoms with Crippen molar-refractivity contribution < 1.29 is 9.66 Å². The van der Waals surface area contributed by atoms with Crippen molar-refractivity contribution in [2.75, 3.05) is 13.2 Å². The van der Waals surface area contributed by atoms with Gasteiger partial charge in [0.25, 0.3) is 0 Å². The maximum atomic E-state index is 11.2. The number of aromatic amines is 1. The van der Waals surface area contributed by atoms with E-state index in [0.717, 1.165) is 22.0 Å². The van der Waals surface area contributed by atoms with Gasteiger partial charge in [0.05, 0.1) is 5.92 Å². The molecular formula is C19H16N2O3. The first kappa shape index (κ1) is 15.6. The lowest BCUT2D eigenvalue weighted by Crippen LogP contribution is -2.13. The molecule has 0 spiro atoms. The molecule has 1 atom stereocenters. The van der Waals surface area contributed by atoms with Gasteiger partial charge in [-0.3, -0.25) is 10.1 Å². The first-order valence-electron chi connectivity index (χ1n) is 7.53. The Morgan fingerprint density at radius 3 is 2.67 bits per heavy atom. The van der Waals surface area contributed by atoms with Crippen LogP contribution in [0.4, 0.5) is 0 Å². The summed E-state index contributed by atoms with van der Waals surface area (Å²) in [5, 5.41) is 12.2. The number of aromatic nitrogens is 1. The lowest BCUT2D eigenvalue weighted by molar-refractivity contribution is -0.481. The summed E-state index contributed by atoms with van der Waals surface area (Å²) in [6.45, 7) is 0.0204. The smallest absolute Gasteiger partial charge is 0.214 e. The molecule has 0 aliphatic heterocycles. The monoisotopic (exact) mass is 320 g/mol. The minimum absolute atomic E-state index is 0.174. The Morgan fingerprint density at radius 2 is 1.96 bits per heavy atom. The first-order chi connectivity index (χ1) is 11.7. The average molecular weight is 320 g/mol. The highest BCUT2D eigenvalue weighted by molar-refractivity contribution is 5.84. The van der Waals surface area contributed by atoms with Crippen LogP contribution in [0.15, 0.2) is 54.7 Å². The van der Waals surface area contributed by atoms with Crippen molar-refractivity contribution >= 4 is 10.9 Å². The number of ether oxygens (including phenoxy) is 1. The molecule has 1 aromatic heterocycles. The van der Waals surface area contributed by atoms with Gasteiger partial charge in [-0.2, -0.15) is 0 Å². The zero-order valence-electron chi connectivity index (χ0n) is 12.9. The minimum atomic E-state index is -0.335. The second kappa shape index (κ2) is 6.88. The Hall–Kier alpha value is -3.26. The zero-order chi connectivity index (χ0) is 16.9. The Kier molecular flexibility index (Phi) is 4.48. The molecule has 0 aliphatic carbocycles. The fourth-order valence-corrected chi connectivity index (χ4v) is 2.84. The molecule has 3 rings (SSSR count). The number of nitrogens with one attached hydrogen (secondary N) is 1. The number of terminal acetylenes is 1. The third kappa shape index (κ3) is 3.23. The van der Waals surface area contributed by atoms with Gasteiger partial charge in [0, 0.05) is 22.0 Å². The van der Waals surface area contributed by atoms with Gasteiger partial charge in [0.15, 0.2) is 0 Å². The molecule has 24 heavy (non-hydrogen) atoms. The summed E-state index contributed by atoms with van der Waals surface area (Å²) in [6, 6.07) is 15.1. The van der Waals surface area contributed by atoms with Gasteiger partial charge >= 0.3 is 0 Å². The minimum Gasteiger partial charge on any atom is -0.481 e. The normalized spacial score (nSPS) is 11.8. The molecule has 0 aliphatic rings. The van der Waals surface area contributed by atoms with Gasteiger partial charge < -0.3 is 9.72 Å². The molecule has 0 bridgehead atoms. The van der Waals surface area contributed by atoms with Crippen LogP contribution in [0.1, 0.15) is 17.0 Å². The molecule has 1 heterocycles. The van der Waals surface area contributed by atoms with E-state index >= 15 is 0 Å². The van der Waals surface area contributed by atoms with Crippen molar-refractivity contribution in [2.24, 2.45) is 0 Å². The highest BCUT2D eigenvalue weighted by Gasteiger charge is 2.23. The Labute approximate surface area is 139 Å². The SMILES string of the molecule is C#CCOc1ccc([C@H](C[N+](=O)[O-])c2c[nH]c3ccccc23)cc1. The van der Waals surface area contributed by atoms with E-state index in [2.05, 4.69) is 10.9 Å². The summed E-state index contributed by atoms with van der Waals surface area (Å²) < 4.78 is 5.36. The van der Waals surface area contributed by atoms with Crippen molar-refractivity contribution in [2.45, 2.75) is 5.92 Å². The van der Waals surface area contributed by atoms with E-state index in [9.17, 15) is 10.1 Å². The van der Waals surface area contributed by atoms with E-state index in [1.54, 1.807) is 12.1 Å². The summed E-state index contributed by atoms with van der Waals surface area (Å²) in [5.41, 5.74) is 2.75. The van der Waals surface area contributed by atoms with Crippen LogP contribution in [0.5, 0.6) is 5.75 Å². The van der Waals surface area contributed by atoms with Crippen LogP contribution in [0.2, 0.25) is 0 Å². The molecular weight excluding hydrogens is 304 g/mol. The molecule has 0 amide bonds. The molecule has 5 nitrogen and oxygen atoms in total. The third-order valence-corrected chi connectivity index (χ3v) is 3.93. The number of hydrogen-bond acceptors (Lipinski definition) is 3. The molecule has 0 unspecified atom stereocenters. The summed E-state index contributed by atoms with van der Waals surface area (Å²) in [4.78, 5) is 14.1. The second-order valence-electron chi connectivity index (χ2n) is 5.42. The summed E-state index contributed by atoms with van der Waals surface area (Å²) in [6.07, 6.45) is 7.02. The van der Waals surface area contributed by atoms with Gasteiger partial charge in [-0.25, -0.2) is 0 Å². The Morgan fingerprint density at radius 1 is 1.21 bits per heavy atom. The van der Waals surface area contributed by atoms with E-state index in [1.807, 2.05) is 42.6 Å². The van der Waals surface area contributed by atoms with Crippen LogP contribution in [-0.2, 0) is 0 Å². The molecule has 3 aromatic rings. The Balaban J connectivity index is 1.98. The van der Waals surface area contributed by atoms with Crippen molar-refractivity contribution in [3.63, 3.8) is 0 Å². The van der Waals surface area contributed by atoms with Gasteiger partial charge in [-0.1, -0.05) is 36.3 Å². The van der Waals surface area contributed by atoms with Gasteiger partial charge in [0.1, 0.15) is 12.4 Å². The quantitative estimate of drug-likeness (QED) is 0.429. The topological polar surface area (TPSA) is 68.2 Å². The highest BCUT2D eigenvalue weighted by Crippen LogP contribution is 2.31. The number of nitro groups is 1. The maximum Gasteiger partial charge on any atom is 0.214 e. The number of H-pyrrole nitrogens is 1. The van der Waals surface area contributed by atoms with Crippen LogP contribution >= 0.6 is 0 Å². The third-order valence-electron chi connectivity index (χ3n) is 3.93. The van der Waals surface area contributed by atoms with Crippen LogP contribution in [0, 0.1) is 22.5 Å². The van der Waals surface area contributed by atoms with Crippen molar-refractivity contribution in [1.29, 1.82) is 0 Å². The fraction of sp³-hybridized carbons (Fsp3) is 0.158. The lowest BCUT2D eigenvalue weighted by Gasteiger charge is -2.13. The Bertz CT molecular complexity index is 891.